The SMILES string of the molecule is O=C(Nc1ccc(F)c(Cl)c1)N1CCCN(Cc2cccnc2)CC1. The number of urea groups is 1. The largest absolute Gasteiger partial charge is 0.323 e. The summed E-state index contributed by atoms with van der Waals surface area (Å²) in [6, 6.07) is 7.97. The van der Waals surface area contributed by atoms with Gasteiger partial charge in [-0.25, -0.2) is 9.18 Å². The molecule has 2 heterocycles. The molecule has 0 spiro atoms. The van der Waals surface area contributed by atoms with Crippen molar-refractivity contribution in [3.63, 3.8) is 0 Å². The highest BCUT2D eigenvalue weighted by Crippen LogP contribution is 2.20. The van der Waals surface area contributed by atoms with Gasteiger partial charge in [-0.2, -0.15) is 0 Å². The Kier molecular flexibility index (Phi) is 5.83. The van der Waals surface area contributed by atoms with Crippen molar-refractivity contribution in [2.75, 3.05) is 31.5 Å². The van der Waals surface area contributed by atoms with Gasteiger partial charge in [0.25, 0.3) is 0 Å². The Morgan fingerprint density at radius 1 is 1.24 bits per heavy atom. The summed E-state index contributed by atoms with van der Waals surface area (Å²) in [6.07, 6.45) is 4.53. The van der Waals surface area contributed by atoms with Crippen LogP contribution in [0.1, 0.15) is 12.0 Å². The molecule has 1 aromatic carbocycles. The van der Waals surface area contributed by atoms with Crippen LogP contribution >= 0.6 is 11.6 Å². The summed E-state index contributed by atoms with van der Waals surface area (Å²) in [5.41, 5.74) is 1.66. The molecule has 1 N–H and O–H groups in total. The van der Waals surface area contributed by atoms with Crippen LogP contribution < -0.4 is 5.32 Å². The number of anilines is 1. The van der Waals surface area contributed by atoms with Crippen molar-refractivity contribution < 1.29 is 9.18 Å². The average Bonchev–Trinajstić information content (AvgIpc) is 2.85. The number of halogens is 2. The van der Waals surface area contributed by atoms with E-state index < -0.39 is 5.82 Å². The van der Waals surface area contributed by atoms with Gasteiger partial charge in [0.05, 0.1) is 5.02 Å². The fourth-order valence-corrected chi connectivity index (χ4v) is 3.04. The van der Waals surface area contributed by atoms with Crippen LogP contribution in [0.4, 0.5) is 14.9 Å². The number of pyridine rings is 1. The van der Waals surface area contributed by atoms with E-state index in [2.05, 4.69) is 21.3 Å². The lowest BCUT2D eigenvalue weighted by Crippen LogP contribution is -2.38. The Morgan fingerprint density at radius 3 is 2.88 bits per heavy atom. The van der Waals surface area contributed by atoms with Crippen LogP contribution in [0.15, 0.2) is 42.7 Å². The standard InChI is InChI=1S/C18H20ClFN4O/c19-16-11-15(4-5-17(16)20)22-18(25)24-8-2-7-23(9-10-24)13-14-3-1-6-21-12-14/h1,3-6,11-12H,2,7-10,13H2,(H,22,25). The number of amides is 2. The maximum Gasteiger partial charge on any atom is 0.321 e. The zero-order chi connectivity index (χ0) is 17.6. The number of nitrogens with zero attached hydrogens (tertiary/aromatic N) is 3. The normalized spacial score (nSPS) is 15.7. The summed E-state index contributed by atoms with van der Waals surface area (Å²) in [6.45, 7) is 3.88. The lowest BCUT2D eigenvalue weighted by atomic mass is 10.2. The Morgan fingerprint density at radius 2 is 2.12 bits per heavy atom. The van der Waals surface area contributed by atoms with Crippen LogP contribution in [0.3, 0.4) is 0 Å². The quantitative estimate of drug-likeness (QED) is 0.907. The van der Waals surface area contributed by atoms with Crippen LogP contribution in [0.5, 0.6) is 0 Å². The van der Waals surface area contributed by atoms with E-state index in [0.29, 0.717) is 18.8 Å². The molecule has 1 fully saturated rings. The van der Waals surface area contributed by atoms with Crippen LogP contribution in [-0.2, 0) is 6.54 Å². The molecule has 1 saturated heterocycles. The number of aromatic nitrogens is 1. The predicted octanol–water partition coefficient (Wildman–Crippen LogP) is 3.61. The highest BCUT2D eigenvalue weighted by Gasteiger charge is 2.19. The maximum atomic E-state index is 13.2. The van der Waals surface area contributed by atoms with Crippen LogP contribution in [0, 0.1) is 5.82 Å². The summed E-state index contributed by atoms with van der Waals surface area (Å²) in [5, 5.41) is 2.78. The molecule has 0 radical (unpaired) electrons. The molecule has 0 aliphatic carbocycles. The lowest BCUT2D eigenvalue weighted by Gasteiger charge is -2.22. The molecule has 1 aliphatic rings. The van der Waals surface area contributed by atoms with Gasteiger partial charge in [-0.1, -0.05) is 17.7 Å². The second-order valence-electron chi connectivity index (χ2n) is 6.04. The van der Waals surface area contributed by atoms with E-state index in [1.807, 2.05) is 12.3 Å². The Balaban J connectivity index is 1.55. The van der Waals surface area contributed by atoms with Crippen molar-refractivity contribution in [2.24, 2.45) is 0 Å². The third-order valence-corrected chi connectivity index (χ3v) is 4.47. The number of carbonyl (C=O) groups excluding carboxylic acids is 1. The summed E-state index contributed by atoms with van der Waals surface area (Å²) >= 11 is 5.75. The molecule has 1 aromatic heterocycles. The molecule has 25 heavy (non-hydrogen) atoms. The first-order valence-corrected chi connectivity index (χ1v) is 8.62. The first-order valence-electron chi connectivity index (χ1n) is 8.24. The monoisotopic (exact) mass is 362 g/mol. The third-order valence-electron chi connectivity index (χ3n) is 4.18. The van der Waals surface area contributed by atoms with Crippen molar-refractivity contribution in [3.05, 3.63) is 59.1 Å². The number of rotatable bonds is 3. The first-order chi connectivity index (χ1) is 12.1. The molecule has 2 aromatic rings. The van der Waals surface area contributed by atoms with Gasteiger partial charge in [-0.3, -0.25) is 9.88 Å². The first kappa shape index (κ1) is 17.6. The second kappa shape index (κ2) is 8.27. The number of carbonyl (C=O) groups is 1. The van der Waals surface area contributed by atoms with E-state index in [9.17, 15) is 9.18 Å². The minimum absolute atomic E-state index is 0.00341. The minimum atomic E-state index is -0.500. The van der Waals surface area contributed by atoms with E-state index >= 15 is 0 Å². The molecule has 3 rings (SSSR count). The molecule has 5 nitrogen and oxygen atoms in total. The molecular weight excluding hydrogens is 343 g/mol. The van der Waals surface area contributed by atoms with Crippen LogP contribution in [0.2, 0.25) is 5.02 Å². The minimum Gasteiger partial charge on any atom is -0.323 e. The molecule has 0 atom stereocenters. The van der Waals surface area contributed by atoms with Crippen molar-refractivity contribution >= 4 is 23.3 Å². The van der Waals surface area contributed by atoms with E-state index in [-0.39, 0.29) is 11.1 Å². The molecule has 2 amide bonds. The fraction of sp³-hybridized carbons (Fsp3) is 0.333. The lowest BCUT2D eigenvalue weighted by molar-refractivity contribution is 0.211. The zero-order valence-corrected chi connectivity index (χ0v) is 14.5. The van der Waals surface area contributed by atoms with Crippen molar-refractivity contribution in [2.45, 2.75) is 13.0 Å². The zero-order valence-electron chi connectivity index (χ0n) is 13.8. The molecule has 0 bridgehead atoms. The Bertz CT molecular complexity index is 728. The topological polar surface area (TPSA) is 48.5 Å². The number of hydrogen-bond donors (Lipinski definition) is 1. The van der Waals surface area contributed by atoms with E-state index in [1.165, 1.54) is 23.8 Å². The van der Waals surface area contributed by atoms with Gasteiger partial charge in [0.2, 0.25) is 0 Å². The van der Waals surface area contributed by atoms with Gasteiger partial charge in [-0.15, -0.1) is 0 Å². The van der Waals surface area contributed by atoms with E-state index in [4.69, 9.17) is 11.6 Å². The molecule has 1 aliphatic heterocycles. The molecule has 0 unspecified atom stereocenters. The second-order valence-corrected chi connectivity index (χ2v) is 6.44. The van der Waals surface area contributed by atoms with Gasteiger partial charge in [-0.05, 0) is 36.2 Å². The molecule has 132 valence electrons. The molecular formula is C18H20ClFN4O. The number of nitrogens with one attached hydrogen (secondary N) is 1. The molecule has 7 heteroatoms. The van der Waals surface area contributed by atoms with Crippen LogP contribution in [-0.4, -0.2) is 47.0 Å². The number of hydrogen-bond acceptors (Lipinski definition) is 3. The van der Waals surface area contributed by atoms with Crippen molar-refractivity contribution in [3.8, 4) is 0 Å². The highest BCUT2D eigenvalue weighted by molar-refractivity contribution is 6.31. The van der Waals surface area contributed by atoms with E-state index in [0.717, 1.165) is 26.1 Å². The summed E-state index contributed by atoms with van der Waals surface area (Å²) in [7, 11) is 0. The van der Waals surface area contributed by atoms with Gasteiger partial charge >= 0.3 is 6.03 Å². The van der Waals surface area contributed by atoms with Gasteiger partial charge in [0.15, 0.2) is 0 Å². The smallest absolute Gasteiger partial charge is 0.321 e. The highest BCUT2D eigenvalue weighted by atomic mass is 35.5. The Labute approximate surface area is 151 Å². The fourth-order valence-electron chi connectivity index (χ4n) is 2.86. The predicted molar refractivity (Wildman–Crippen MR) is 96.1 cm³/mol. The van der Waals surface area contributed by atoms with E-state index in [1.54, 1.807) is 11.1 Å². The summed E-state index contributed by atoms with van der Waals surface area (Å²) < 4.78 is 13.2. The van der Waals surface area contributed by atoms with Gasteiger partial charge in [0.1, 0.15) is 5.82 Å². The van der Waals surface area contributed by atoms with Gasteiger partial charge < -0.3 is 10.2 Å². The third kappa shape index (κ3) is 4.90. The van der Waals surface area contributed by atoms with Crippen molar-refractivity contribution in [1.82, 2.24) is 14.8 Å². The maximum absolute atomic E-state index is 13.2. The summed E-state index contributed by atoms with van der Waals surface area (Å²) in [5.74, 6) is -0.500. The number of benzene rings is 1. The van der Waals surface area contributed by atoms with Gasteiger partial charge in [0, 0.05) is 50.8 Å². The molecule has 0 saturated carbocycles. The Hall–Kier alpha value is -2.18. The summed E-state index contributed by atoms with van der Waals surface area (Å²) in [4.78, 5) is 20.7. The van der Waals surface area contributed by atoms with Crippen LogP contribution in [0.25, 0.3) is 0 Å². The average molecular weight is 363 g/mol. The van der Waals surface area contributed by atoms with Crippen molar-refractivity contribution in [1.29, 1.82) is 0 Å².